The molecule has 2 atom stereocenters. The highest BCUT2D eigenvalue weighted by Crippen LogP contribution is 2.21. The maximum Gasteiger partial charge on any atom is 0.252 e. The van der Waals surface area contributed by atoms with Crippen molar-refractivity contribution in [3.05, 3.63) is 21.4 Å². The number of nitrogens with one attached hydrogen (secondary N) is 1. The van der Waals surface area contributed by atoms with Crippen molar-refractivity contribution < 1.29 is 9.53 Å². The fourth-order valence-corrected chi connectivity index (χ4v) is 2.98. The van der Waals surface area contributed by atoms with E-state index in [1.165, 1.54) is 4.88 Å². The molecule has 0 aromatic carbocycles. The van der Waals surface area contributed by atoms with E-state index in [4.69, 9.17) is 4.74 Å². The maximum atomic E-state index is 12.1. The summed E-state index contributed by atoms with van der Waals surface area (Å²) in [5.74, 6) is 0.0230. The van der Waals surface area contributed by atoms with Gasteiger partial charge in [-0.1, -0.05) is 0 Å². The number of carbonyl (C=O) groups excluding carboxylic acids is 1. The van der Waals surface area contributed by atoms with Crippen LogP contribution in [0.3, 0.4) is 0 Å². The van der Waals surface area contributed by atoms with E-state index >= 15 is 0 Å². The van der Waals surface area contributed by atoms with Crippen LogP contribution in [0.25, 0.3) is 0 Å². The van der Waals surface area contributed by atoms with Crippen molar-refractivity contribution in [1.29, 1.82) is 0 Å². The zero-order chi connectivity index (χ0) is 12.4. The molecule has 1 aromatic heterocycles. The minimum Gasteiger partial charge on any atom is -0.376 e. The first-order valence-corrected chi connectivity index (χ1v) is 6.94. The quantitative estimate of drug-likeness (QED) is 0.899. The van der Waals surface area contributed by atoms with Gasteiger partial charge in [0.25, 0.3) is 5.91 Å². The molecule has 3 nitrogen and oxygen atoms in total. The van der Waals surface area contributed by atoms with Crippen molar-refractivity contribution >= 4 is 17.2 Å². The molecule has 0 aliphatic carbocycles. The lowest BCUT2D eigenvalue weighted by Gasteiger charge is -2.19. The molecule has 1 saturated heterocycles. The number of ether oxygens (including phenoxy) is 1. The molecule has 2 rings (SSSR count). The lowest BCUT2D eigenvalue weighted by Crippen LogP contribution is -2.40. The van der Waals surface area contributed by atoms with Gasteiger partial charge in [0.1, 0.15) is 0 Å². The summed E-state index contributed by atoms with van der Waals surface area (Å²) >= 11 is 1.63. The van der Waals surface area contributed by atoms with E-state index < -0.39 is 0 Å². The molecule has 1 fully saturated rings. The van der Waals surface area contributed by atoms with Gasteiger partial charge in [-0.05, 0) is 39.2 Å². The molecule has 17 heavy (non-hydrogen) atoms. The van der Waals surface area contributed by atoms with Crippen molar-refractivity contribution in [2.75, 3.05) is 6.61 Å². The number of aryl methyl sites for hydroxylation is 1. The SMILES string of the molecule is Cc1scc(C(=O)N[C@@H](C)[C@H]2CCCO2)c1C. The number of rotatable bonds is 3. The zero-order valence-electron chi connectivity index (χ0n) is 10.6. The predicted molar refractivity (Wildman–Crippen MR) is 69.7 cm³/mol. The van der Waals surface area contributed by atoms with Gasteiger partial charge >= 0.3 is 0 Å². The van der Waals surface area contributed by atoms with Gasteiger partial charge in [0.05, 0.1) is 17.7 Å². The number of hydrogen-bond acceptors (Lipinski definition) is 3. The highest BCUT2D eigenvalue weighted by molar-refractivity contribution is 7.10. The van der Waals surface area contributed by atoms with E-state index in [9.17, 15) is 4.79 Å². The molecule has 94 valence electrons. The Labute approximate surface area is 106 Å². The van der Waals surface area contributed by atoms with Gasteiger partial charge in [-0.2, -0.15) is 0 Å². The van der Waals surface area contributed by atoms with Gasteiger partial charge in [0, 0.05) is 16.9 Å². The topological polar surface area (TPSA) is 38.3 Å². The van der Waals surface area contributed by atoms with E-state index in [-0.39, 0.29) is 18.1 Å². The van der Waals surface area contributed by atoms with Gasteiger partial charge in [-0.25, -0.2) is 0 Å². The number of hydrogen-bond donors (Lipinski definition) is 1. The van der Waals surface area contributed by atoms with Gasteiger partial charge in [0.15, 0.2) is 0 Å². The maximum absolute atomic E-state index is 12.1. The summed E-state index contributed by atoms with van der Waals surface area (Å²) in [6.07, 6.45) is 2.32. The molecule has 0 radical (unpaired) electrons. The van der Waals surface area contributed by atoms with Crippen LogP contribution in [-0.4, -0.2) is 24.7 Å². The first-order valence-electron chi connectivity index (χ1n) is 6.06. The van der Waals surface area contributed by atoms with Crippen molar-refractivity contribution in [3.63, 3.8) is 0 Å². The van der Waals surface area contributed by atoms with Crippen LogP contribution in [0, 0.1) is 13.8 Å². The summed E-state index contributed by atoms with van der Waals surface area (Å²) in [6, 6.07) is 0.0876. The van der Waals surface area contributed by atoms with E-state index in [1.807, 2.05) is 26.2 Å². The Morgan fingerprint density at radius 2 is 2.35 bits per heavy atom. The smallest absolute Gasteiger partial charge is 0.252 e. The van der Waals surface area contributed by atoms with Crippen LogP contribution < -0.4 is 5.32 Å². The Bertz CT molecular complexity index is 408. The molecule has 1 amide bonds. The van der Waals surface area contributed by atoms with Crippen molar-refractivity contribution in [1.82, 2.24) is 5.32 Å². The summed E-state index contributed by atoms with van der Waals surface area (Å²) in [4.78, 5) is 13.3. The molecule has 0 bridgehead atoms. The Hall–Kier alpha value is -0.870. The Kier molecular flexibility index (Phi) is 3.84. The molecule has 0 saturated carbocycles. The second-order valence-corrected chi connectivity index (χ2v) is 5.73. The van der Waals surface area contributed by atoms with E-state index in [2.05, 4.69) is 5.32 Å². The third kappa shape index (κ3) is 2.69. The van der Waals surface area contributed by atoms with Crippen LogP contribution in [-0.2, 0) is 4.74 Å². The summed E-state index contributed by atoms with van der Waals surface area (Å²) < 4.78 is 5.57. The highest BCUT2D eigenvalue weighted by atomic mass is 32.1. The molecule has 1 aliphatic heterocycles. The first-order chi connectivity index (χ1) is 8.09. The number of amides is 1. The number of carbonyl (C=O) groups is 1. The van der Waals surface area contributed by atoms with E-state index in [0.29, 0.717) is 0 Å². The monoisotopic (exact) mass is 253 g/mol. The Morgan fingerprint density at radius 1 is 1.59 bits per heavy atom. The lowest BCUT2D eigenvalue weighted by atomic mass is 10.1. The Morgan fingerprint density at radius 3 is 2.88 bits per heavy atom. The van der Waals surface area contributed by atoms with Gasteiger partial charge < -0.3 is 10.1 Å². The molecule has 2 heterocycles. The molecular formula is C13H19NO2S. The van der Waals surface area contributed by atoms with Crippen LogP contribution in [0.15, 0.2) is 5.38 Å². The molecule has 1 aliphatic rings. The molecule has 0 spiro atoms. The van der Waals surface area contributed by atoms with Gasteiger partial charge in [-0.15, -0.1) is 11.3 Å². The summed E-state index contributed by atoms with van der Waals surface area (Å²) in [5, 5.41) is 4.97. The third-order valence-electron chi connectivity index (χ3n) is 3.41. The lowest BCUT2D eigenvalue weighted by molar-refractivity contribution is 0.0712. The van der Waals surface area contributed by atoms with Crippen LogP contribution in [0.5, 0.6) is 0 Å². The second kappa shape index (κ2) is 5.19. The van der Waals surface area contributed by atoms with Crippen molar-refractivity contribution in [2.45, 2.75) is 45.8 Å². The van der Waals surface area contributed by atoms with Gasteiger partial charge in [0.2, 0.25) is 0 Å². The predicted octanol–water partition coefficient (Wildman–Crippen LogP) is 2.66. The zero-order valence-corrected chi connectivity index (χ0v) is 11.4. The normalized spacial score (nSPS) is 21.5. The average Bonchev–Trinajstić information content (AvgIpc) is 2.90. The van der Waals surface area contributed by atoms with Crippen molar-refractivity contribution in [3.8, 4) is 0 Å². The molecule has 1 aromatic rings. The molecule has 4 heteroatoms. The van der Waals surface area contributed by atoms with Crippen LogP contribution in [0.2, 0.25) is 0 Å². The summed E-state index contributed by atoms with van der Waals surface area (Å²) in [7, 11) is 0. The Balaban J connectivity index is 1.99. The minimum absolute atomic E-state index is 0.0230. The fourth-order valence-electron chi connectivity index (χ4n) is 2.11. The minimum atomic E-state index is 0.0230. The van der Waals surface area contributed by atoms with E-state index in [1.54, 1.807) is 11.3 Å². The third-order valence-corrected chi connectivity index (χ3v) is 4.42. The van der Waals surface area contributed by atoms with E-state index in [0.717, 1.165) is 30.6 Å². The van der Waals surface area contributed by atoms with Crippen LogP contribution in [0.4, 0.5) is 0 Å². The van der Waals surface area contributed by atoms with Gasteiger partial charge in [-0.3, -0.25) is 4.79 Å². The van der Waals surface area contributed by atoms with Crippen LogP contribution >= 0.6 is 11.3 Å². The van der Waals surface area contributed by atoms with Crippen LogP contribution in [0.1, 0.15) is 40.6 Å². The standard InChI is InChI=1S/C13H19NO2S/c1-8-10(3)17-7-11(8)13(15)14-9(2)12-5-4-6-16-12/h7,9,12H,4-6H2,1-3H3,(H,14,15)/t9-,12+/m0/s1. The second-order valence-electron chi connectivity index (χ2n) is 4.64. The molecule has 0 unspecified atom stereocenters. The highest BCUT2D eigenvalue weighted by Gasteiger charge is 2.24. The summed E-state index contributed by atoms with van der Waals surface area (Å²) in [6.45, 7) is 6.88. The molecular weight excluding hydrogens is 234 g/mol. The summed E-state index contributed by atoms with van der Waals surface area (Å²) in [5.41, 5.74) is 1.89. The fraction of sp³-hybridized carbons (Fsp3) is 0.615. The largest absolute Gasteiger partial charge is 0.376 e. The molecule has 1 N–H and O–H groups in total. The average molecular weight is 253 g/mol. The number of thiophene rings is 1. The first kappa shape index (κ1) is 12.6. The van der Waals surface area contributed by atoms with Crippen molar-refractivity contribution in [2.24, 2.45) is 0 Å².